The number of anilines is 3. The van der Waals surface area contributed by atoms with E-state index in [1.807, 2.05) is 6.07 Å². The molecule has 244 valence electrons. The molecule has 0 N–H and O–H groups in total. The molecule has 0 saturated carbocycles. The Kier molecular flexibility index (Phi) is 7.18. The molecule has 52 heavy (non-hydrogen) atoms. The molecule has 2 heteroatoms. The van der Waals surface area contributed by atoms with Crippen LogP contribution >= 0.6 is 0 Å². The largest absolute Gasteiger partial charge is 0.455 e. The summed E-state index contributed by atoms with van der Waals surface area (Å²) < 4.78 is 6.63. The molecule has 1 heterocycles. The molecule has 0 saturated heterocycles. The van der Waals surface area contributed by atoms with Gasteiger partial charge in [-0.15, -0.1) is 0 Å². The lowest BCUT2D eigenvalue weighted by Gasteiger charge is -2.30. The number of rotatable bonds is 6. The minimum Gasteiger partial charge on any atom is -0.455 e. The van der Waals surface area contributed by atoms with Crippen molar-refractivity contribution in [1.82, 2.24) is 0 Å². The fourth-order valence-electron chi connectivity index (χ4n) is 7.81. The average Bonchev–Trinajstić information content (AvgIpc) is 3.61. The van der Waals surface area contributed by atoms with Crippen molar-refractivity contribution in [3.63, 3.8) is 0 Å². The van der Waals surface area contributed by atoms with Gasteiger partial charge in [0.2, 0.25) is 0 Å². The van der Waals surface area contributed by atoms with E-state index in [9.17, 15) is 0 Å². The first-order valence-electron chi connectivity index (χ1n) is 17.8. The predicted molar refractivity (Wildman–Crippen MR) is 220 cm³/mol. The molecule has 10 aromatic rings. The zero-order valence-electron chi connectivity index (χ0n) is 28.4. The van der Waals surface area contributed by atoms with E-state index in [2.05, 4.69) is 199 Å². The van der Waals surface area contributed by atoms with Crippen LogP contribution in [-0.2, 0) is 0 Å². The summed E-state index contributed by atoms with van der Waals surface area (Å²) in [7, 11) is 0. The van der Waals surface area contributed by atoms with Gasteiger partial charge in [-0.2, -0.15) is 0 Å². The zero-order chi connectivity index (χ0) is 34.4. The van der Waals surface area contributed by atoms with Crippen molar-refractivity contribution in [2.24, 2.45) is 0 Å². The smallest absolute Gasteiger partial charge is 0.143 e. The molecule has 10 rings (SSSR count). The molecule has 0 amide bonds. The van der Waals surface area contributed by atoms with Gasteiger partial charge in [-0.3, -0.25) is 0 Å². The van der Waals surface area contributed by atoms with Crippen LogP contribution in [0.1, 0.15) is 0 Å². The maximum absolute atomic E-state index is 6.63. The lowest BCUT2D eigenvalue weighted by molar-refractivity contribution is 0.670. The van der Waals surface area contributed by atoms with Gasteiger partial charge < -0.3 is 9.32 Å². The second kappa shape index (κ2) is 12.5. The molecule has 0 aliphatic carbocycles. The number of furan rings is 1. The third-order valence-corrected chi connectivity index (χ3v) is 10.3. The van der Waals surface area contributed by atoms with Crippen molar-refractivity contribution in [2.45, 2.75) is 0 Å². The van der Waals surface area contributed by atoms with Crippen LogP contribution in [0.2, 0.25) is 0 Å². The normalized spacial score (nSPS) is 11.5. The quantitative estimate of drug-likeness (QED) is 0.165. The van der Waals surface area contributed by atoms with Gasteiger partial charge in [0.05, 0.1) is 5.69 Å². The monoisotopic (exact) mass is 663 g/mol. The Labute approximate surface area is 302 Å². The molecule has 9 aromatic carbocycles. The molecule has 0 aliphatic rings. The highest BCUT2D eigenvalue weighted by Gasteiger charge is 2.23. The molecule has 0 radical (unpaired) electrons. The standard InChI is InChI=1S/C50H33NO/c1-3-13-34(14-4-1)35-27-30-39(31-28-35)51(40-32-29-37-26-25-36-15-7-8-18-41(36)46(37)33-40)47-23-12-20-43(49(47)38-16-5-2-6-17-38)45-22-11-21-44-42-19-9-10-24-48(42)52-50(44)45/h1-33H. The fourth-order valence-corrected chi connectivity index (χ4v) is 7.81. The number of hydrogen-bond acceptors (Lipinski definition) is 2. The second-order valence-corrected chi connectivity index (χ2v) is 13.3. The molecule has 1 aromatic heterocycles. The van der Waals surface area contributed by atoms with Crippen molar-refractivity contribution in [3.05, 3.63) is 200 Å². The Hall–Kier alpha value is -6.90. The molecule has 0 fully saturated rings. The van der Waals surface area contributed by atoms with Gasteiger partial charge in [0.25, 0.3) is 0 Å². The second-order valence-electron chi connectivity index (χ2n) is 13.3. The van der Waals surface area contributed by atoms with E-state index < -0.39 is 0 Å². The van der Waals surface area contributed by atoms with E-state index in [0.717, 1.165) is 61.3 Å². The Morgan fingerprint density at radius 2 is 0.923 bits per heavy atom. The Bertz CT molecular complexity index is 2890. The van der Waals surface area contributed by atoms with Crippen LogP contribution in [0.3, 0.4) is 0 Å². The molecule has 0 unspecified atom stereocenters. The van der Waals surface area contributed by atoms with Crippen LogP contribution in [0.5, 0.6) is 0 Å². The summed E-state index contributed by atoms with van der Waals surface area (Å²) in [5.74, 6) is 0. The third kappa shape index (κ3) is 5.04. The van der Waals surface area contributed by atoms with Crippen molar-refractivity contribution in [3.8, 4) is 33.4 Å². The van der Waals surface area contributed by atoms with Gasteiger partial charge in [-0.25, -0.2) is 0 Å². The van der Waals surface area contributed by atoms with E-state index in [0.29, 0.717) is 0 Å². The topological polar surface area (TPSA) is 16.4 Å². The van der Waals surface area contributed by atoms with Crippen LogP contribution in [0.4, 0.5) is 17.1 Å². The number of fused-ring (bicyclic) bond motifs is 6. The van der Waals surface area contributed by atoms with E-state index >= 15 is 0 Å². The predicted octanol–water partition coefficient (Wildman–Crippen LogP) is 14.4. The summed E-state index contributed by atoms with van der Waals surface area (Å²) in [4.78, 5) is 2.42. The number of benzene rings is 9. The van der Waals surface area contributed by atoms with Crippen LogP contribution in [0.15, 0.2) is 205 Å². The number of para-hydroxylation sites is 2. The SMILES string of the molecule is c1ccc(-c2ccc(N(c3ccc4ccc5ccccc5c4c3)c3cccc(-c4cccc5c4oc4ccccc45)c3-c3ccccc3)cc2)cc1. The third-order valence-electron chi connectivity index (χ3n) is 10.3. The lowest BCUT2D eigenvalue weighted by atomic mass is 9.91. The molecular weight excluding hydrogens is 631 g/mol. The summed E-state index contributed by atoms with van der Waals surface area (Å²) in [5.41, 5.74) is 11.9. The van der Waals surface area contributed by atoms with Crippen molar-refractivity contribution in [1.29, 1.82) is 0 Å². The maximum Gasteiger partial charge on any atom is 0.143 e. The summed E-state index contributed by atoms with van der Waals surface area (Å²) in [6.45, 7) is 0. The zero-order valence-corrected chi connectivity index (χ0v) is 28.4. The van der Waals surface area contributed by atoms with E-state index in [-0.39, 0.29) is 0 Å². The van der Waals surface area contributed by atoms with Crippen LogP contribution < -0.4 is 4.90 Å². The minimum absolute atomic E-state index is 0.894. The molecule has 0 atom stereocenters. The lowest BCUT2D eigenvalue weighted by Crippen LogP contribution is -2.12. The summed E-state index contributed by atoms with van der Waals surface area (Å²) >= 11 is 0. The minimum atomic E-state index is 0.894. The van der Waals surface area contributed by atoms with E-state index in [1.165, 1.54) is 32.7 Å². The van der Waals surface area contributed by atoms with E-state index in [1.54, 1.807) is 0 Å². The van der Waals surface area contributed by atoms with Gasteiger partial charge in [0, 0.05) is 33.3 Å². The first-order valence-corrected chi connectivity index (χ1v) is 17.8. The van der Waals surface area contributed by atoms with Gasteiger partial charge in [-0.1, -0.05) is 164 Å². The molecular formula is C50H33NO. The Morgan fingerprint density at radius 1 is 0.346 bits per heavy atom. The highest BCUT2D eigenvalue weighted by atomic mass is 16.3. The van der Waals surface area contributed by atoms with Crippen LogP contribution in [0, 0.1) is 0 Å². The fraction of sp³-hybridized carbons (Fsp3) is 0. The van der Waals surface area contributed by atoms with Crippen LogP contribution in [-0.4, -0.2) is 0 Å². The summed E-state index contributed by atoms with van der Waals surface area (Å²) in [6, 6.07) is 71.7. The number of nitrogens with zero attached hydrogens (tertiary/aromatic N) is 1. The van der Waals surface area contributed by atoms with Crippen LogP contribution in [0.25, 0.3) is 76.9 Å². The van der Waals surface area contributed by atoms with Gasteiger partial charge in [-0.05, 0) is 80.2 Å². The van der Waals surface area contributed by atoms with E-state index in [4.69, 9.17) is 4.42 Å². The highest BCUT2D eigenvalue weighted by Crippen LogP contribution is 2.48. The molecule has 0 aliphatic heterocycles. The molecule has 0 bridgehead atoms. The number of hydrogen-bond donors (Lipinski definition) is 0. The first kappa shape index (κ1) is 30.0. The molecule has 0 spiro atoms. The average molecular weight is 664 g/mol. The maximum atomic E-state index is 6.63. The first-order chi connectivity index (χ1) is 25.8. The molecule has 2 nitrogen and oxygen atoms in total. The highest BCUT2D eigenvalue weighted by molar-refractivity contribution is 6.12. The van der Waals surface area contributed by atoms with Crippen molar-refractivity contribution >= 4 is 60.5 Å². The summed E-state index contributed by atoms with van der Waals surface area (Å²) in [6.07, 6.45) is 0. The summed E-state index contributed by atoms with van der Waals surface area (Å²) in [5, 5.41) is 7.17. The van der Waals surface area contributed by atoms with Crippen molar-refractivity contribution in [2.75, 3.05) is 4.90 Å². The Morgan fingerprint density at radius 3 is 1.73 bits per heavy atom. The Balaban J connectivity index is 1.25. The van der Waals surface area contributed by atoms with Gasteiger partial charge in [0.1, 0.15) is 11.2 Å². The van der Waals surface area contributed by atoms with Gasteiger partial charge in [0.15, 0.2) is 0 Å². The van der Waals surface area contributed by atoms with Crippen molar-refractivity contribution < 1.29 is 4.42 Å². The van der Waals surface area contributed by atoms with Gasteiger partial charge >= 0.3 is 0 Å².